The molecule has 0 aromatic heterocycles. The third-order valence-corrected chi connectivity index (χ3v) is 7.87. The van der Waals surface area contributed by atoms with Crippen LogP contribution in [0, 0.1) is 23.7 Å². The molecular weight excluding hydrogens is 362 g/mol. The first-order chi connectivity index (χ1) is 13.0. The molecular formula is C21H27NO4S. The Morgan fingerprint density at radius 2 is 1.70 bits per heavy atom. The first-order valence-electron chi connectivity index (χ1n) is 9.99. The van der Waals surface area contributed by atoms with E-state index in [2.05, 4.69) is 5.32 Å². The van der Waals surface area contributed by atoms with E-state index in [-0.39, 0.29) is 24.1 Å². The monoisotopic (exact) mass is 389 g/mol. The van der Waals surface area contributed by atoms with Crippen molar-refractivity contribution in [2.24, 2.45) is 23.7 Å². The van der Waals surface area contributed by atoms with Gasteiger partial charge in [0.1, 0.15) is 0 Å². The molecule has 4 fully saturated rings. The Kier molecular flexibility index (Phi) is 5.35. The zero-order valence-electron chi connectivity index (χ0n) is 15.7. The van der Waals surface area contributed by atoms with E-state index in [1.54, 1.807) is 31.2 Å². The molecule has 0 heterocycles. The van der Waals surface area contributed by atoms with Gasteiger partial charge in [-0.15, -0.1) is 0 Å². The minimum atomic E-state index is -1.25. The van der Waals surface area contributed by atoms with Crippen molar-refractivity contribution in [2.45, 2.75) is 50.0 Å². The molecule has 0 radical (unpaired) electrons. The van der Waals surface area contributed by atoms with Crippen molar-refractivity contribution in [1.29, 1.82) is 0 Å². The summed E-state index contributed by atoms with van der Waals surface area (Å²) in [5.41, 5.74) is 0.278. The average Bonchev–Trinajstić information content (AvgIpc) is 2.67. The van der Waals surface area contributed by atoms with Crippen LogP contribution in [0.15, 0.2) is 29.2 Å². The van der Waals surface area contributed by atoms with E-state index in [1.165, 1.54) is 32.1 Å². The van der Waals surface area contributed by atoms with Crippen LogP contribution in [-0.2, 0) is 20.3 Å². The summed E-state index contributed by atoms with van der Waals surface area (Å²) in [6.45, 7) is 1.52. The zero-order valence-corrected chi connectivity index (χ0v) is 16.5. The molecule has 4 aliphatic rings. The van der Waals surface area contributed by atoms with Gasteiger partial charge in [0.15, 0.2) is 6.61 Å². The van der Waals surface area contributed by atoms with Gasteiger partial charge in [0.25, 0.3) is 5.91 Å². The van der Waals surface area contributed by atoms with Gasteiger partial charge in [0, 0.05) is 11.8 Å². The molecule has 1 aromatic rings. The van der Waals surface area contributed by atoms with E-state index in [0.717, 1.165) is 11.8 Å². The van der Waals surface area contributed by atoms with Crippen molar-refractivity contribution in [3.63, 3.8) is 0 Å². The Morgan fingerprint density at radius 3 is 2.33 bits per heavy atom. The van der Waals surface area contributed by atoms with Gasteiger partial charge < -0.3 is 10.1 Å². The van der Waals surface area contributed by atoms with Crippen molar-refractivity contribution < 1.29 is 18.5 Å². The van der Waals surface area contributed by atoms with Gasteiger partial charge in [-0.05, 0) is 67.9 Å². The van der Waals surface area contributed by atoms with Crippen LogP contribution in [0.1, 0.15) is 49.4 Å². The number of benzene rings is 1. The van der Waals surface area contributed by atoms with Gasteiger partial charge in [-0.3, -0.25) is 9.00 Å². The van der Waals surface area contributed by atoms with Crippen LogP contribution >= 0.6 is 0 Å². The Labute approximate surface area is 162 Å². The highest BCUT2D eigenvalue weighted by molar-refractivity contribution is 7.85. The number of esters is 1. The van der Waals surface area contributed by atoms with Crippen LogP contribution in [0.2, 0.25) is 0 Å². The Morgan fingerprint density at radius 1 is 1.07 bits per heavy atom. The maximum atomic E-state index is 12.4. The molecule has 0 spiro atoms. The number of amides is 1. The quantitative estimate of drug-likeness (QED) is 0.760. The zero-order chi connectivity index (χ0) is 19.0. The molecule has 5 rings (SSSR count). The molecule has 1 amide bonds. The average molecular weight is 390 g/mol. The molecule has 4 saturated carbocycles. The number of ether oxygens (including phenoxy) is 1. The first kappa shape index (κ1) is 18.7. The summed E-state index contributed by atoms with van der Waals surface area (Å²) < 4.78 is 17.3. The van der Waals surface area contributed by atoms with E-state index in [4.69, 9.17) is 4.74 Å². The standard InChI is InChI=1S/C21H27NO4S/c1-2-27(25)18-6-4-3-5-17(18)21(24)26-12-19(23)22-20-15-8-13-7-14(10-15)11-16(20)9-13/h3-6,13-16,20H,2,7-12H2,1H3,(H,22,23)/t13?,14?,15?,16?,20?,27-/m0/s1. The highest BCUT2D eigenvalue weighted by Gasteiger charge is 2.48. The van der Waals surface area contributed by atoms with Gasteiger partial charge in [0.05, 0.1) is 21.3 Å². The van der Waals surface area contributed by atoms with Crippen LogP contribution in [0.5, 0.6) is 0 Å². The van der Waals surface area contributed by atoms with Crippen molar-refractivity contribution in [1.82, 2.24) is 5.32 Å². The summed E-state index contributed by atoms with van der Waals surface area (Å²) in [4.78, 5) is 25.3. The second-order valence-corrected chi connectivity index (χ2v) is 9.94. The minimum Gasteiger partial charge on any atom is -0.452 e. The molecule has 4 bridgehead atoms. The van der Waals surface area contributed by atoms with E-state index < -0.39 is 16.8 Å². The molecule has 0 aliphatic heterocycles. The molecule has 1 aromatic carbocycles. The lowest BCUT2D eigenvalue weighted by atomic mass is 9.54. The summed E-state index contributed by atoms with van der Waals surface area (Å²) in [7, 11) is -1.25. The van der Waals surface area contributed by atoms with Crippen LogP contribution in [0.25, 0.3) is 0 Å². The smallest absolute Gasteiger partial charge is 0.339 e. The summed E-state index contributed by atoms with van der Waals surface area (Å²) in [6.07, 6.45) is 6.30. The van der Waals surface area contributed by atoms with Crippen molar-refractivity contribution in [3.05, 3.63) is 29.8 Å². The van der Waals surface area contributed by atoms with E-state index in [1.807, 2.05) is 0 Å². The topological polar surface area (TPSA) is 72.5 Å². The summed E-state index contributed by atoms with van der Waals surface area (Å²) in [6, 6.07) is 6.97. The van der Waals surface area contributed by atoms with Crippen LogP contribution in [0.4, 0.5) is 0 Å². The fraction of sp³-hybridized carbons (Fsp3) is 0.619. The maximum Gasteiger partial charge on any atom is 0.339 e. The minimum absolute atomic E-state index is 0.227. The number of carbonyl (C=O) groups is 2. The van der Waals surface area contributed by atoms with Gasteiger partial charge in [0.2, 0.25) is 0 Å². The number of hydrogen-bond donors (Lipinski definition) is 1. The molecule has 6 heteroatoms. The predicted molar refractivity (Wildman–Crippen MR) is 103 cm³/mol. The highest BCUT2D eigenvalue weighted by atomic mass is 32.2. The van der Waals surface area contributed by atoms with E-state index in [9.17, 15) is 13.8 Å². The molecule has 4 aliphatic carbocycles. The highest BCUT2D eigenvalue weighted by Crippen LogP contribution is 2.53. The van der Waals surface area contributed by atoms with E-state index >= 15 is 0 Å². The van der Waals surface area contributed by atoms with Gasteiger partial charge in [-0.25, -0.2) is 4.79 Å². The second-order valence-electron chi connectivity index (χ2n) is 8.23. The maximum absolute atomic E-state index is 12.4. The number of hydrogen-bond acceptors (Lipinski definition) is 4. The first-order valence-corrected chi connectivity index (χ1v) is 11.3. The molecule has 27 heavy (non-hydrogen) atoms. The Bertz CT molecular complexity index is 734. The molecule has 1 atom stereocenters. The third-order valence-electron chi connectivity index (χ3n) is 6.50. The van der Waals surface area contributed by atoms with Gasteiger partial charge in [-0.1, -0.05) is 19.1 Å². The van der Waals surface area contributed by atoms with Gasteiger partial charge >= 0.3 is 5.97 Å². The second kappa shape index (κ2) is 7.74. The van der Waals surface area contributed by atoms with Crippen LogP contribution in [0.3, 0.4) is 0 Å². The van der Waals surface area contributed by atoms with Gasteiger partial charge in [-0.2, -0.15) is 0 Å². The Balaban J connectivity index is 1.33. The normalized spacial score (nSPS) is 32.1. The SMILES string of the molecule is CC[S@](=O)c1ccccc1C(=O)OCC(=O)NC1C2CC3CC(C2)CC1C3. The number of carbonyl (C=O) groups excluding carboxylic acids is 2. The Hall–Kier alpha value is -1.69. The molecule has 0 unspecified atom stereocenters. The lowest BCUT2D eigenvalue weighted by molar-refractivity contribution is -0.128. The molecule has 1 N–H and O–H groups in total. The van der Waals surface area contributed by atoms with Crippen molar-refractivity contribution in [3.8, 4) is 0 Å². The summed E-state index contributed by atoms with van der Waals surface area (Å²) in [5, 5.41) is 3.14. The van der Waals surface area contributed by atoms with Crippen molar-refractivity contribution >= 4 is 22.7 Å². The molecule has 0 saturated heterocycles. The van der Waals surface area contributed by atoms with Crippen LogP contribution in [-0.4, -0.2) is 34.5 Å². The van der Waals surface area contributed by atoms with Crippen LogP contribution < -0.4 is 5.32 Å². The third kappa shape index (κ3) is 3.82. The predicted octanol–water partition coefficient (Wildman–Crippen LogP) is 2.91. The van der Waals surface area contributed by atoms with E-state index in [0.29, 0.717) is 22.5 Å². The molecule has 146 valence electrons. The lowest BCUT2D eigenvalue weighted by Gasteiger charge is -2.54. The largest absolute Gasteiger partial charge is 0.452 e. The fourth-order valence-corrected chi connectivity index (χ4v) is 6.52. The molecule has 5 nitrogen and oxygen atoms in total. The summed E-state index contributed by atoms with van der Waals surface area (Å²) in [5.74, 6) is 2.51. The van der Waals surface area contributed by atoms with Crippen molar-refractivity contribution in [2.75, 3.05) is 12.4 Å². The lowest BCUT2D eigenvalue weighted by Crippen LogP contribution is -2.56. The number of nitrogens with one attached hydrogen (secondary N) is 1. The summed E-state index contributed by atoms with van der Waals surface area (Å²) >= 11 is 0. The fourth-order valence-electron chi connectivity index (χ4n) is 5.59. The number of rotatable bonds is 6.